The van der Waals surface area contributed by atoms with Crippen molar-refractivity contribution >= 4 is 0 Å². The van der Waals surface area contributed by atoms with Crippen molar-refractivity contribution in [3.63, 3.8) is 0 Å². The molecule has 8 fully saturated rings. The first-order valence-electron chi connectivity index (χ1n) is 14.8. The quantitative estimate of drug-likeness (QED) is 0.282. The zero-order valence-electron chi connectivity index (χ0n) is 23.4. The summed E-state index contributed by atoms with van der Waals surface area (Å²) < 4.78 is 0. The molecular weight excluding hydrogens is 484 g/mol. The average molecular weight is 537 g/mol. The van der Waals surface area contributed by atoms with Crippen LogP contribution in [0.3, 0.4) is 0 Å². The van der Waals surface area contributed by atoms with Crippen molar-refractivity contribution in [3.8, 4) is 0 Å². The Balaban J connectivity index is 0.970. The van der Waals surface area contributed by atoms with Crippen LogP contribution < -0.4 is 21.3 Å². The van der Waals surface area contributed by atoms with E-state index in [4.69, 9.17) is 0 Å². The summed E-state index contributed by atoms with van der Waals surface area (Å²) in [5.41, 5.74) is 0. The third-order valence-electron chi connectivity index (χ3n) is 8.49. The van der Waals surface area contributed by atoms with Crippen LogP contribution in [0.2, 0.25) is 0 Å². The molecule has 218 valence electrons. The molecule has 14 heteroatoms. The Kier molecular flexibility index (Phi) is 10.1. The molecule has 0 aliphatic carbocycles. The highest BCUT2D eigenvalue weighted by Crippen LogP contribution is 2.15. The zero-order chi connectivity index (χ0) is 25.6. The molecule has 8 heterocycles. The molecule has 4 N–H and O–H groups in total. The molecule has 0 aromatic carbocycles. The Morgan fingerprint density at radius 1 is 0.316 bits per heavy atom. The fraction of sp³-hybridized carbons (Fsp3) is 1.00. The minimum absolute atomic E-state index is 0.934. The smallest absolute Gasteiger partial charge is 0.0555 e. The van der Waals surface area contributed by atoms with Gasteiger partial charge in [-0.1, -0.05) is 0 Å². The molecule has 0 aromatic rings. The van der Waals surface area contributed by atoms with Crippen LogP contribution in [0, 0.1) is 0 Å². The van der Waals surface area contributed by atoms with Gasteiger partial charge in [-0.3, -0.25) is 49.0 Å². The number of hydrogen-bond donors (Lipinski definition) is 4. The Labute approximate surface area is 229 Å². The van der Waals surface area contributed by atoms with E-state index in [0.717, 1.165) is 159 Å². The van der Waals surface area contributed by atoms with Crippen LogP contribution in [-0.2, 0) is 0 Å². The fourth-order valence-electron chi connectivity index (χ4n) is 6.72. The topological polar surface area (TPSA) is 80.5 Å². The van der Waals surface area contributed by atoms with E-state index in [9.17, 15) is 0 Å². The van der Waals surface area contributed by atoms with Crippen molar-refractivity contribution in [3.05, 3.63) is 0 Å². The lowest BCUT2D eigenvalue weighted by Crippen LogP contribution is -2.65. The molecule has 8 aliphatic rings. The summed E-state index contributed by atoms with van der Waals surface area (Å²) >= 11 is 0. The molecule has 8 rings (SSSR count). The van der Waals surface area contributed by atoms with Crippen molar-refractivity contribution in [2.75, 3.05) is 159 Å². The van der Waals surface area contributed by atoms with Gasteiger partial charge in [-0.05, 0) is 0 Å². The van der Waals surface area contributed by atoms with Gasteiger partial charge in [0.2, 0.25) is 0 Å². The van der Waals surface area contributed by atoms with E-state index in [1.807, 2.05) is 0 Å². The third kappa shape index (κ3) is 8.01. The van der Waals surface area contributed by atoms with Gasteiger partial charge in [0.05, 0.1) is 66.7 Å². The van der Waals surface area contributed by atoms with Gasteiger partial charge in [0.1, 0.15) is 0 Å². The molecule has 0 atom stereocenters. The van der Waals surface area contributed by atoms with Gasteiger partial charge in [-0.2, -0.15) is 0 Å². The lowest BCUT2D eigenvalue weighted by molar-refractivity contribution is -0.120. The summed E-state index contributed by atoms with van der Waals surface area (Å²) in [6.07, 6.45) is 0. The van der Waals surface area contributed by atoms with Gasteiger partial charge in [0.15, 0.2) is 0 Å². The molecule has 38 heavy (non-hydrogen) atoms. The van der Waals surface area contributed by atoms with Gasteiger partial charge in [0, 0.05) is 92.1 Å². The molecule has 8 bridgehead atoms. The number of hydrogen-bond acceptors (Lipinski definition) is 14. The van der Waals surface area contributed by atoms with E-state index in [0.29, 0.717) is 0 Å². The lowest BCUT2D eigenvalue weighted by atomic mass is 10.4. The summed E-state index contributed by atoms with van der Waals surface area (Å²) in [5.74, 6) is 0. The maximum absolute atomic E-state index is 3.73. The lowest BCUT2D eigenvalue weighted by Gasteiger charge is -2.50. The van der Waals surface area contributed by atoms with Crippen LogP contribution in [0.4, 0.5) is 0 Å². The van der Waals surface area contributed by atoms with Crippen LogP contribution >= 0.6 is 0 Å². The first-order valence-corrected chi connectivity index (χ1v) is 14.8. The number of nitrogens with zero attached hydrogens (tertiary/aromatic N) is 10. The van der Waals surface area contributed by atoms with Crippen LogP contribution in [0.5, 0.6) is 0 Å². The Bertz CT molecular complexity index is 582. The normalized spacial score (nSPS) is 42.6. The molecule has 14 nitrogen and oxygen atoms in total. The summed E-state index contributed by atoms with van der Waals surface area (Å²) in [6, 6.07) is 0. The molecule has 0 unspecified atom stereocenters. The predicted octanol–water partition coefficient (Wildman–Crippen LogP) is -4.15. The average Bonchev–Trinajstić information content (AvgIpc) is 2.89. The molecular formula is C24H52N14. The third-order valence-corrected chi connectivity index (χ3v) is 8.49. The van der Waals surface area contributed by atoms with Crippen LogP contribution in [0.1, 0.15) is 0 Å². The fourth-order valence-corrected chi connectivity index (χ4v) is 6.72. The van der Waals surface area contributed by atoms with Crippen molar-refractivity contribution in [2.24, 2.45) is 0 Å². The summed E-state index contributed by atoms with van der Waals surface area (Å²) in [5, 5.41) is 14.9. The summed E-state index contributed by atoms with van der Waals surface area (Å²) in [6.45, 7) is 25.4. The first kappa shape index (κ1) is 27.6. The van der Waals surface area contributed by atoms with E-state index in [2.05, 4.69) is 70.3 Å². The Hall–Kier alpha value is -0.560. The maximum Gasteiger partial charge on any atom is 0.0555 e. The molecule has 8 aliphatic heterocycles. The second kappa shape index (κ2) is 13.9. The van der Waals surface area contributed by atoms with Crippen molar-refractivity contribution < 1.29 is 0 Å². The molecule has 0 spiro atoms. The van der Waals surface area contributed by atoms with Gasteiger partial charge in [-0.25, -0.2) is 0 Å². The van der Waals surface area contributed by atoms with Crippen LogP contribution in [0.15, 0.2) is 0 Å². The van der Waals surface area contributed by atoms with Gasteiger partial charge >= 0.3 is 0 Å². The zero-order valence-corrected chi connectivity index (χ0v) is 23.4. The SMILES string of the molecule is C1CN2CN3CN(CCNCN(CCN4CNCCN5CN6CN(CCNC4)CN(C5)C6)CN1)CN(C2)C3. The van der Waals surface area contributed by atoms with Crippen molar-refractivity contribution in [1.29, 1.82) is 0 Å². The second-order valence-corrected chi connectivity index (χ2v) is 12.1. The highest BCUT2D eigenvalue weighted by atomic mass is 15.6. The summed E-state index contributed by atoms with van der Waals surface area (Å²) in [4.78, 5) is 25.7. The minimum Gasteiger partial charge on any atom is -0.303 e. The summed E-state index contributed by atoms with van der Waals surface area (Å²) in [7, 11) is 0. The molecule has 0 aromatic heterocycles. The molecule has 0 amide bonds. The monoisotopic (exact) mass is 536 g/mol. The number of nitrogens with one attached hydrogen (secondary N) is 4. The first-order chi connectivity index (χ1) is 18.7. The van der Waals surface area contributed by atoms with E-state index in [1.54, 1.807) is 0 Å². The molecule has 0 radical (unpaired) electrons. The van der Waals surface area contributed by atoms with Gasteiger partial charge < -0.3 is 21.3 Å². The Morgan fingerprint density at radius 2 is 0.553 bits per heavy atom. The van der Waals surface area contributed by atoms with Gasteiger partial charge in [0.25, 0.3) is 0 Å². The van der Waals surface area contributed by atoms with Crippen LogP contribution in [-0.4, -0.2) is 208 Å². The maximum atomic E-state index is 3.73. The predicted molar refractivity (Wildman–Crippen MR) is 148 cm³/mol. The van der Waals surface area contributed by atoms with E-state index >= 15 is 0 Å². The molecule has 0 saturated carbocycles. The second-order valence-electron chi connectivity index (χ2n) is 12.1. The van der Waals surface area contributed by atoms with Crippen LogP contribution in [0.25, 0.3) is 0 Å². The number of fused-ring (bicyclic) bond motifs is 16. The Morgan fingerprint density at radius 3 is 0.816 bits per heavy atom. The number of rotatable bonds is 3. The van der Waals surface area contributed by atoms with Gasteiger partial charge in [-0.15, -0.1) is 0 Å². The van der Waals surface area contributed by atoms with Crippen molar-refractivity contribution in [1.82, 2.24) is 70.3 Å². The van der Waals surface area contributed by atoms with Crippen molar-refractivity contribution in [2.45, 2.75) is 0 Å². The highest BCUT2D eigenvalue weighted by molar-refractivity contribution is 4.78. The minimum atomic E-state index is 0.934. The van der Waals surface area contributed by atoms with E-state index in [1.165, 1.54) is 0 Å². The van der Waals surface area contributed by atoms with E-state index < -0.39 is 0 Å². The molecule has 8 saturated heterocycles. The highest BCUT2D eigenvalue weighted by Gasteiger charge is 2.31. The van der Waals surface area contributed by atoms with E-state index in [-0.39, 0.29) is 0 Å². The standard InChI is InChI=1S/C24H52N14/c1-5-31-15-35-17-32(18-36(16-31)23-35)6-2-26-12-29(11-25-1)9-10-30-13-27-3-7-33-19-37-21-34(8-4-28-14-30)22-38(20-33)24-37/h25-28H,1-24H2. The largest absolute Gasteiger partial charge is 0.303 e.